The molecular weight excluding hydrogens is 214 g/mol. The molecule has 90 valence electrons. The summed E-state index contributed by atoms with van der Waals surface area (Å²) >= 11 is 0. The van der Waals surface area contributed by atoms with Crippen molar-refractivity contribution in [3.05, 3.63) is 35.5 Å². The zero-order chi connectivity index (χ0) is 12.4. The second-order valence-electron chi connectivity index (χ2n) is 4.45. The van der Waals surface area contributed by atoms with Crippen LogP contribution in [-0.2, 0) is 17.8 Å². The number of aryl methyl sites for hydroxylation is 2. The summed E-state index contributed by atoms with van der Waals surface area (Å²) in [5.74, 6) is -0.800. The largest absolute Gasteiger partial charge is 0.480 e. The van der Waals surface area contributed by atoms with Crippen molar-refractivity contribution in [1.82, 2.24) is 4.57 Å². The highest BCUT2D eigenvalue weighted by atomic mass is 16.4. The van der Waals surface area contributed by atoms with Gasteiger partial charge in [-0.2, -0.15) is 0 Å². The molecule has 2 aromatic rings. The van der Waals surface area contributed by atoms with Gasteiger partial charge in [0.1, 0.15) is 6.54 Å². The quantitative estimate of drug-likeness (QED) is 0.879. The van der Waals surface area contributed by atoms with Gasteiger partial charge in [0, 0.05) is 17.1 Å². The number of nitrogens with zero attached hydrogens (tertiary/aromatic N) is 1. The lowest BCUT2D eigenvalue weighted by Crippen LogP contribution is -2.07. The van der Waals surface area contributed by atoms with Crippen molar-refractivity contribution >= 4 is 16.9 Å². The molecule has 1 aromatic heterocycles. The van der Waals surface area contributed by atoms with Crippen LogP contribution in [0.2, 0.25) is 0 Å². The van der Waals surface area contributed by atoms with Crippen LogP contribution in [0.25, 0.3) is 10.9 Å². The third kappa shape index (κ3) is 2.33. The smallest absolute Gasteiger partial charge is 0.323 e. The first kappa shape index (κ1) is 11.7. The molecule has 1 aromatic carbocycles. The Morgan fingerprint density at radius 2 is 2.18 bits per heavy atom. The number of fused-ring (bicyclic) bond motifs is 1. The molecule has 0 unspecified atom stereocenters. The molecule has 1 heterocycles. The van der Waals surface area contributed by atoms with Crippen LogP contribution >= 0.6 is 0 Å². The van der Waals surface area contributed by atoms with Crippen molar-refractivity contribution in [2.45, 2.75) is 33.2 Å². The third-order valence-corrected chi connectivity index (χ3v) is 2.94. The number of aromatic nitrogens is 1. The minimum Gasteiger partial charge on any atom is -0.480 e. The van der Waals surface area contributed by atoms with Crippen LogP contribution in [0.4, 0.5) is 0 Å². The number of carboxylic acid groups (broad SMARTS) is 1. The highest BCUT2D eigenvalue weighted by Gasteiger charge is 2.09. The normalized spacial score (nSPS) is 10.9. The molecule has 0 saturated heterocycles. The standard InChI is InChI=1S/C14H17NO2/c1-3-4-11-8-15(9-14(16)17)13-6-5-10(2)7-12(11)13/h5-8H,3-4,9H2,1-2H3,(H,16,17). The van der Waals surface area contributed by atoms with E-state index in [2.05, 4.69) is 19.9 Å². The number of carbonyl (C=O) groups is 1. The highest BCUT2D eigenvalue weighted by molar-refractivity contribution is 5.86. The molecule has 2 rings (SSSR count). The zero-order valence-electron chi connectivity index (χ0n) is 10.2. The molecule has 3 nitrogen and oxygen atoms in total. The van der Waals surface area contributed by atoms with Crippen molar-refractivity contribution in [3.8, 4) is 0 Å². The number of hydrogen-bond acceptors (Lipinski definition) is 1. The minimum absolute atomic E-state index is 0.0310. The van der Waals surface area contributed by atoms with Gasteiger partial charge >= 0.3 is 5.97 Å². The van der Waals surface area contributed by atoms with Gasteiger partial charge in [-0.15, -0.1) is 0 Å². The molecule has 0 saturated carbocycles. The Hall–Kier alpha value is -1.77. The molecule has 17 heavy (non-hydrogen) atoms. The summed E-state index contributed by atoms with van der Waals surface area (Å²) in [7, 11) is 0. The van der Waals surface area contributed by atoms with Crippen LogP contribution < -0.4 is 0 Å². The molecule has 0 amide bonds. The number of aliphatic carboxylic acids is 1. The van der Waals surface area contributed by atoms with Crippen molar-refractivity contribution in [2.24, 2.45) is 0 Å². The van der Waals surface area contributed by atoms with Gasteiger partial charge in [-0.1, -0.05) is 25.0 Å². The van der Waals surface area contributed by atoms with E-state index >= 15 is 0 Å². The minimum atomic E-state index is -0.800. The Balaban J connectivity index is 2.57. The van der Waals surface area contributed by atoms with E-state index in [1.54, 1.807) is 0 Å². The molecule has 0 atom stereocenters. The SMILES string of the molecule is CCCc1cn(CC(=O)O)c2ccc(C)cc12. The number of carboxylic acids is 1. The van der Waals surface area contributed by atoms with Gasteiger partial charge in [0.25, 0.3) is 0 Å². The molecule has 0 aliphatic carbocycles. The predicted octanol–water partition coefficient (Wildman–Crippen LogP) is 2.99. The Morgan fingerprint density at radius 3 is 2.82 bits per heavy atom. The highest BCUT2D eigenvalue weighted by Crippen LogP contribution is 2.23. The topological polar surface area (TPSA) is 42.2 Å². The average molecular weight is 231 g/mol. The molecule has 0 bridgehead atoms. The van der Waals surface area contributed by atoms with E-state index in [4.69, 9.17) is 5.11 Å². The van der Waals surface area contributed by atoms with Gasteiger partial charge in [-0.3, -0.25) is 4.79 Å². The fourth-order valence-electron chi connectivity index (χ4n) is 2.23. The maximum Gasteiger partial charge on any atom is 0.323 e. The van der Waals surface area contributed by atoms with E-state index in [-0.39, 0.29) is 6.54 Å². The van der Waals surface area contributed by atoms with E-state index in [1.165, 1.54) is 16.5 Å². The molecule has 0 spiro atoms. The van der Waals surface area contributed by atoms with E-state index in [1.807, 2.05) is 22.9 Å². The number of benzene rings is 1. The van der Waals surface area contributed by atoms with E-state index in [9.17, 15) is 4.79 Å². The molecule has 0 fully saturated rings. The number of rotatable bonds is 4. The molecule has 0 radical (unpaired) electrons. The lowest BCUT2D eigenvalue weighted by molar-refractivity contribution is -0.137. The molecule has 0 aliphatic heterocycles. The molecular formula is C14H17NO2. The van der Waals surface area contributed by atoms with E-state index in [0.717, 1.165) is 18.4 Å². The zero-order valence-corrected chi connectivity index (χ0v) is 10.2. The summed E-state index contributed by atoms with van der Waals surface area (Å²) in [5, 5.41) is 10.1. The predicted molar refractivity (Wildman–Crippen MR) is 68.3 cm³/mol. The summed E-state index contributed by atoms with van der Waals surface area (Å²) in [6, 6.07) is 6.17. The van der Waals surface area contributed by atoms with Gasteiger partial charge in [0.15, 0.2) is 0 Å². The van der Waals surface area contributed by atoms with Crippen LogP contribution in [0.3, 0.4) is 0 Å². The Morgan fingerprint density at radius 1 is 1.41 bits per heavy atom. The Labute approximate surface area is 101 Å². The fraction of sp³-hybridized carbons (Fsp3) is 0.357. The molecule has 3 heteroatoms. The second-order valence-corrected chi connectivity index (χ2v) is 4.45. The second kappa shape index (κ2) is 4.62. The fourth-order valence-corrected chi connectivity index (χ4v) is 2.23. The average Bonchev–Trinajstić information content (AvgIpc) is 2.56. The summed E-state index contributed by atoms with van der Waals surface area (Å²) in [6.45, 7) is 4.23. The van der Waals surface area contributed by atoms with Crippen LogP contribution in [0, 0.1) is 6.92 Å². The molecule has 0 aliphatic rings. The van der Waals surface area contributed by atoms with Crippen molar-refractivity contribution < 1.29 is 9.90 Å². The monoisotopic (exact) mass is 231 g/mol. The van der Waals surface area contributed by atoms with Crippen LogP contribution in [0.5, 0.6) is 0 Å². The summed E-state index contributed by atoms with van der Waals surface area (Å²) in [4.78, 5) is 10.8. The van der Waals surface area contributed by atoms with Crippen molar-refractivity contribution in [2.75, 3.05) is 0 Å². The lowest BCUT2D eigenvalue weighted by atomic mass is 10.1. The Bertz CT molecular complexity index is 555. The first-order chi connectivity index (χ1) is 8.11. The molecule has 1 N–H and O–H groups in total. The van der Waals surface area contributed by atoms with Crippen molar-refractivity contribution in [1.29, 1.82) is 0 Å². The Kier molecular flexibility index (Phi) is 3.18. The maximum atomic E-state index is 10.8. The first-order valence-electron chi connectivity index (χ1n) is 5.92. The van der Waals surface area contributed by atoms with Gasteiger partial charge < -0.3 is 9.67 Å². The van der Waals surface area contributed by atoms with Gasteiger partial charge in [-0.25, -0.2) is 0 Å². The summed E-state index contributed by atoms with van der Waals surface area (Å²) in [5.41, 5.74) is 3.47. The summed E-state index contributed by atoms with van der Waals surface area (Å²) < 4.78 is 1.82. The lowest BCUT2D eigenvalue weighted by Gasteiger charge is -2.01. The third-order valence-electron chi connectivity index (χ3n) is 2.94. The van der Waals surface area contributed by atoms with E-state index < -0.39 is 5.97 Å². The van der Waals surface area contributed by atoms with Gasteiger partial charge in [0.05, 0.1) is 0 Å². The van der Waals surface area contributed by atoms with Crippen LogP contribution in [0.1, 0.15) is 24.5 Å². The van der Waals surface area contributed by atoms with E-state index in [0.29, 0.717) is 0 Å². The van der Waals surface area contributed by atoms with Crippen molar-refractivity contribution in [3.63, 3.8) is 0 Å². The maximum absolute atomic E-state index is 10.8. The number of hydrogen-bond donors (Lipinski definition) is 1. The van der Waals surface area contributed by atoms with Gasteiger partial charge in [-0.05, 0) is 31.0 Å². The van der Waals surface area contributed by atoms with Gasteiger partial charge in [0.2, 0.25) is 0 Å². The first-order valence-corrected chi connectivity index (χ1v) is 5.92. The summed E-state index contributed by atoms with van der Waals surface area (Å²) in [6.07, 6.45) is 4.04. The van der Waals surface area contributed by atoms with Crippen LogP contribution in [-0.4, -0.2) is 15.6 Å². The van der Waals surface area contributed by atoms with Crippen LogP contribution in [0.15, 0.2) is 24.4 Å².